The number of likely N-dealkylation sites (tertiary alicyclic amines) is 1. The monoisotopic (exact) mass is 297 g/mol. The highest BCUT2D eigenvalue weighted by Gasteiger charge is 2.35. The van der Waals surface area contributed by atoms with E-state index in [4.69, 9.17) is 11.6 Å². The van der Waals surface area contributed by atoms with Crippen LogP contribution in [0.1, 0.15) is 30.1 Å². The minimum atomic E-state index is -0.991. The second-order valence-corrected chi connectivity index (χ2v) is 5.56. The van der Waals surface area contributed by atoms with E-state index in [0.29, 0.717) is 13.0 Å². The molecule has 20 heavy (non-hydrogen) atoms. The molecule has 1 heterocycles. The van der Waals surface area contributed by atoms with Gasteiger partial charge in [-0.05, 0) is 37.0 Å². The lowest BCUT2D eigenvalue weighted by molar-refractivity contribution is -0.144. The molecule has 2 N–H and O–H groups in total. The summed E-state index contributed by atoms with van der Waals surface area (Å²) >= 11 is 5.78. The Hall–Kier alpha value is -1.75. The number of aliphatic carboxylic acids is 1. The SMILES string of the molecule is CC1CCN(C(=O)c2ccc(O)c(Cl)c2)C(C(=O)O)C1. The molecule has 0 spiro atoms. The van der Waals surface area contributed by atoms with Crippen LogP contribution in [0.15, 0.2) is 18.2 Å². The maximum atomic E-state index is 12.4. The summed E-state index contributed by atoms with van der Waals surface area (Å²) in [6.07, 6.45) is 1.23. The number of rotatable bonds is 2. The number of hydrogen-bond donors (Lipinski definition) is 2. The van der Waals surface area contributed by atoms with Crippen molar-refractivity contribution in [2.75, 3.05) is 6.54 Å². The third kappa shape index (κ3) is 2.88. The number of carbonyl (C=O) groups is 2. The first-order valence-electron chi connectivity index (χ1n) is 6.42. The average Bonchev–Trinajstić information content (AvgIpc) is 2.41. The van der Waals surface area contributed by atoms with Gasteiger partial charge in [0.05, 0.1) is 5.02 Å². The number of amides is 1. The zero-order valence-corrected chi connectivity index (χ0v) is 11.8. The Labute approximate surface area is 121 Å². The molecule has 1 amide bonds. The predicted octanol–water partition coefficient (Wildman–Crippen LogP) is 2.37. The number of carboxylic acid groups (broad SMARTS) is 1. The molecule has 1 aromatic rings. The van der Waals surface area contributed by atoms with Gasteiger partial charge in [-0.25, -0.2) is 4.79 Å². The van der Waals surface area contributed by atoms with E-state index in [9.17, 15) is 19.8 Å². The van der Waals surface area contributed by atoms with E-state index in [1.807, 2.05) is 6.92 Å². The van der Waals surface area contributed by atoms with Crippen molar-refractivity contribution >= 4 is 23.5 Å². The van der Waals surface area contributed by atoms with E-state index in [2.05, 4.69) is 0 Å². The van der Waals surface area contributed by atoms with Crippen molar-refractivity contribution < 1.29 is 19.8 Å². The standard InChI is InChI=1S/C14H16ClNO4/c1-8-4-5-16(11(6-8)14(19)20)13(18)9-2-3-12(17)10(15)7-9/h2-3,7-8,11,17H,4-6H2,1H3,(H,19,20). The Morgan fingerprint density at radius 2 is 2.10 bits per heavy atom. The molecule has 0 saturated carbocycles. The number of benzene rings is 1. The Bertz CT molecular complexity index is 546. The molecule has 1 saturated heterocycles. The maximum absolute atomic E-state index is 12.4. The van der Waals surface area contributed by atoms with Gasteiger partial charge in [-0.15, -0.1) is 0 Å². The molecule has 1 fully saturated rings. The van der Waals surface area contributed by atoms with Gasteiger partial charge in [-0.3, -0.25) is 4.79 Å². The maximum Gasteiger partial charge on any atom is 0.326 e. The van der Waals surface area contributed by atoms with E-state index in [1.54, 1.807) is 0 Å². The van der Waals surface area contributed by atoms with Gasteiger partial charge >= 0.3 is 5.97 Å². The molecule has 2 atom stereocenters. The van der Waals surface area contributed by atoms with Crippen molar-refractivity contribution in [2.45, 2.75) is 25.8 Å². The van der Waals surface area contributed by atoms with Gasteiger partial charge in [0.2, 0.25) is 0 Å². The Morgan fingerprint density at radius 1 is 1.40 bits per heavy atom. The van der Waals surface area contributed by atoms with Gasteiger partial charge < -0.3 is 15.1 Å². The average molecular weight is 298 g/mol. The minimum Gasteiger partial charge on any atom is -0.506 e. The minimum absolute atomic E-state index is 0.0769. The first kappa shape index (κ1) is 14.7. The van der Waals surface area contributed by atoms with Crippen LogP contribution >= 0.6 is 11.6 Å². The molecule has 0 aliphatic carbocycles. The quantitative estimate of drug-likeness (QED) is 0.878. The van der Waals surface area contributed by atoms with Gasteiger partial charge in [0.15, 0.2) is 0 Å². The largest absolute Gasteiger partial charge is 0.506 e. The number of nitrogens with zero attached hydrogens (tertiary/aromatic N) is 1. The van der Waals surface area contributed by atoms with Crippen molar-refractivity contribution in [3.63, 3.8) is 0 Å². The van der Waals surface area contributed by atoms with Gasteiger partial charge in [0, 0.05) is 12.1 Å². The summed E-state index contributed by atoms with van der Waals surface area (Å²) in [5, 5.41) is 18.7. The number of phenols is 1. The molecule has 1 aromatic carbocycles. The van der Waals surface area contributed by atoms with Gasteiger partial charge in [-0.2, -0.15) is 0 Å². The summed E-state index contributed by atoms with van der Waals surface area (Å²) in [6.45, 7) is 2.39. The first-order valence-corrected chi connectivity index (χ1v) is 6.80. The molecule has 2 rings (SSSR count). The highest BCUT2D eigenvalue weighted by molar-refractivity contribution is 6.32. The van der Waals surface area contributed by atoms with Gasteiger partial charge in [0.1, 0.15) is 11.8 Å². The zero-order chi connectivity index (χ0) is 14.9. The van der Waals surface area contributed by atoms with Crippen LogP contribution < -0.4 is 0 Å². The molecule has 1 aliphatic rings. The molecule has 0 bridgehead atoms. The van der Waals surface area contributed by atoms with E-state index < -0.39 is 12.0 Å². The second kappa shape index (κ2) is 5.71. The van der Waals surface area contributed by atoms with E-state index in [1.165, 1.54) is 23.1 Å². The molecule has 108 valence electrons. The number of phenolic OH excluding ortho intramolecular Hbond substituents is 1. The van der Waals surface area contributed by atoms with Crippen molar-refractivity contribution in [3.05, 3.63) is 28.8 Å². The molecular formula is C14H16ClNO4. The summed E-state index contributed by atoms with van der Waals surface area (Å²) in [4.78, 5) is 25.1. The van der Waals surface area contributed by atoms with Crippen LogP contribution in [0.3, 0.4) is 0 Å². The fourth-order valence-electron chi connectivity index (χ4n) is 2.42. The highest BCUT2D eigenvalue weighted by atomic mass is 35.5. The van der Waals surface area contributed by atoms with Crippen LogP contribution in [-0.4, -0.2) is 39.6 Å². The topological polar surface area (TPSA) is 77.8 Å². The molecule has 1 aliphatic heterocycles. The first-order chi connectivity index (χ1) is 9.40. The third-order valence-electron chi connectivity index (χ3n) is 3.61. The fourth-order valence-corrected chi connectivity index (χ4v) is 2.61. The molecule has 0 radical (unpaired) electrons. The van der Waals surface area contributed by atoms with Crippen molar-refractivity contribution in [1.29, 1.82) is 0 Å². The van der Waals surface area contributed by atoms with E-state index >= 15 is 0 Å². The Balaban J connectivity index is 2.26. The van der Waals surface area contributed by atoms with Crippen LogP contribution in [0.25, 0.3) is 0 Å². The number of hydrogen-bond acceptors (Lipinski definition) is 3. The number of halogens is 1. The Kier molecular flexibility index (Phi) is 4.18. The summed E-state index contributed by atoms with van der Waals surface area (Å²) in [5.74, 6) is -1.19. The summed E-state index contributed by atoms with van der Waals surface area (Å²) in [6, 6.07) is 3.33. The van der Waals surface area contributed by atoms with Crippen LogP contribution in [0.5, 0.6) is 5.75 Å². The van der Waals surface area contributed by atoms with Crippen molar-refractivity contribution in [2.24, 2.45) is 5.92 Å². The van der Waals surface area contributed by atoms with E-state index in [-0.39, 0.29) is 28.2 Å². The zero-order valence-electron chi connectivity index (χ0n) is 11.0. The number of piperidine rings is 1. The summed E-state index contributed by atoms with van der Waals surface area (Å²) in [5.41, 5.74) is 0.286. The van der Waals surface area contributed by atoms with Crippen LogP contribution in [0.4, 0.5) is 0 Å². The molecular weight excluding hydrogens is 282 g/mol. The van der Waals surface area contributed by atoms with Gasteiger partial charge in [-0.1, -0.05) is 18.5 Å². The predicted molar refractivity (Wildman–Crippen MR) is 74.0 cm³/mol. The summed E-state index contributed by atoms with van der Waals surface area (Å²) < 4.78 is 0. The third-order valence-corrected chi connectivity index (χ3v) is 3.91. The normalized spacial score (nSPS) is 22.6. The highest BCUT2D eigenvalue weighted by Crippen LogP contribution is 2.27. The van der Waals surface area contributed by atoms with E-state index in [0.717, 1.165) is 6.42 Å². The lowest BCUT2D eigenvalue weighted by Crippen LogP contribution is -2.49. The molecule has 2 unspecified atom stereocenters. The molecule has 0 aromatic heterocycles. The molecule has 5 nitrogen and oxygen atoms in total. The lowest BCUT2D eigenvalue weighted by Gasteiger charge is -2.36. The number of aromatic hydroxyl groups is 1. The fraction of sp³-hybridized carbons (Fsp3) is 0.429. The summed E-state index contributed by atoms with van der Waals surface area (Å²) in [7, 11) is 0. The van der Waals surface area contributed by atoms with Gasteiger partial charge in [0.25, 0.3) is 5.91 Å². The van der Waals surface area contributed by atoms with Crippen molar-refractivity contribution in [3.8, 4) is 5.75 Å². The second-order valence-electron chi connectivity index (χ2n) is 5.15. The van der Waals surface area contributed by atoms with Crippen molar-refractivity contribution in [1.82, 2.24) is 4.90 Å². The lowest BCUT2D eigenvalue weighted by atomic mass is 9.92. The number of carboxylic acids is 1. The van der Waals surface area contributed by atoms with Crippen LogP contribution in [0.2, 0.25) is 5.02 Å². The van der Waals surface area contributed by atoms with Crippen LogP contribution in [-0.2, 0) is 4.79 Å². The Morgan fingerprint density at radius 3 is 2.70 bits per heavy atom. The smallest absolute Gasteiger partial charge is 0.326 e. The van der Waals surface area contributed by atoms with Crippen LogP contribution in [0, 0.1) is 5.92 Å². The number of carbonyl (C=O) groups excluding carboxylic acids is 1. The molecule has 6 heteroatoms.